The van der Waals surface area contributed by atoms with E-state index >= 15 is 0 Å². The van der Waals surface area contributed by atoms with Crippen LogP contribution in [-0.4, -0.2) is 11.8 Å². The molecule has 5 aliphatic rings. The molecule has 1 aromatic rings. The molecule has 4 saturated carbocycles. The number of hydrogen-bond donors (Lipinski definition) is 0. The van der Waals surface area contributed by atoms with Crippen LogP contribution in [-0.2, 0) is 15.8 Å². The lowest BCUT2D eigenvalue weighted by atomic mass is 9.59. The normalized spacial score (nSPS) is 39.9. The van der Waals surface area contributed by atoms with Crippen LogP contribution in [0.5, 0.6) is 0 Å². The fraction of sp³-hybridized carbons (Fsp3) is 0.556. The van der Waals surface area contributed by atoms with E-state index in [2.05, 4.69) is 0 Å². The maximum Gasteiger partial charge on any atom is 0.416 e. The minimum Gasteiger partial charge on any atom is -0.274 e. The average Bonchev–Trinajstić information content (AvgIpc) is 3.31. The molecule has 0 radical (unpaired) electrons. The van der Waals surface area contributed by atoms with Gasteiger partial charge in [0.2, 0.25) is 11.8 Å². The molecular formula is C18H16F3NO2. The molecule has 2 amide bonds. The first-order valence-corrected chi connectivity index (χ1v) is 8.43. The second-order valence-electron chi connectivity index (χ2n) is 7.58. The SMILES string of the molecule is O=C1C2C3CCC(C4CC43)C2C(=O)N1c1ccc(C(F)(F)F)cc1. The van der Waals surface area contributed by atoms with E-state index in [1.165, 1.54) is 12.1 Å². The van der Waals surface area contributed by atoms with Gasteiger partial charge in [0.1, 0.15) is 0 Å². The molecule has 1 aromatic carbocycles. The molecule has 4 aliphatic carbocycles. The van der Waals surface area contributed by atoms with Gasteiger partial charge in [-0.25, -0.2) is 0 Å². The number of carbonyl (C=O) groups excluding carboxylic acids is 2. The summed E-state index contributed by atoms with van der Waals surface area (Å²) in [6.07, 6.45) is -1.27. The van der Waals surface area contributed by atoms with Gasteiger partial charge in [-0.05, 0) is 67.2 Å². The summed E-state index contributed by atoms with van der Waals surface area (Å²) in [7, 11) is 0. The number of halogens is 3. The monoisotopic (exact) mass is 335 g/mol. The molecule has 0 spiro atoms. The molecular weight excluding hydrogens is 319 g/mol. The smallest absolute Gasteiger partial charge is 0.274 e. The van der Waals surface area contributed by atoms with Crippen molar-refractivity contribution in [2.75, 3.05) is 4.90 Å². The van der Waals surface area contributed by atoms with E-state index in [1.54, 1.807) is 0 Å². The third kappa shape index (κ3) is 1.74. The van der Waals surface area contributed by atoms with Gasteiger partial charge in [-0.15, -0.1) is 0 Å². The van der Waals surface area contributed by atoms with Gasteiger partial charge < -0.3 is 0 Å². The van der Waals surface area contributed by atoms with Crippen LogP contribution in [0, 0.1) is 35.5 Å². The highest BCUT2D eigenvalue weighted by atomic mass is 19.4. The molecule has 6 heteroatoms. The van der Waals surface area contributed by atoms with Gasteiger partial charge in [-0.3, -0.25) is 14.5 Å². The Labute approximate surface area is 136 Å². The largest absolute Gasteiger partial charge is 0.416 e. The molecule has 5 fully saturated rings. The maximum absolute atomic E-state index is 12.9. The number of rotatable bonds is 1. The number of benzene rings is 1. The molecule has 1 aliphatic heterocycles. The van der Waals surface area contributed by atoms with E-state index in [0.717, 1.165) is 36.3 Å². The Hall–Kier alpha value is -1.85. The molecule has 1 heterocycles. The summed E-state index contributed by atoms with van der Waals surface area (Å²) < 4.78 is 38.1. The summed E-state index contributed by atoms with van der Waals surface area (Å²) in [4.78, 5) is 26.9. The summed E-state index contributed by atoms with van der Waals surface area (Å²) in [6.45, 7) is 0. The number of fused-ring (bicyclic) bond motifs is 1. The van der Waals surface area contributed by atoms with E-state index < -0.39 is 11.7 Å². The molecule has 3 nitrogen and oxygen atoms in total. The first kappa shape index (κ1) is 14.5. The van der Waals surface area contributed by atoms with Crippen LogP contribution < -0.4 is 4.90 Å². The Morgan fingerprint density at radius 3 is 1.79 bits per heavy atom. The standard InChI is InChI=1S/C18H16F3NO2/c19-18(20,21)8-1-3-9(4-2-8)22-16(23)14-10-5-6-11(13-7-12(10)13)15(14)17(22)24/h1-4,10-15H,5-7H2. The van der Waals surface area contributed by atoms with Crippen LogP contribution in [0.2, 0.25) is 0 Å². The van der Waals surface area contributed by atoms with Gasteiger partial charge in [-0.2, -0.15) is 13.2 Å². The van der Waals surface area contributed by atoms with Crippen LogP contribution in [0.25, 0.3) is 0 Å². The minimum atomic E-state index is -4.42. The Kier molecular flexibility index (Phi) is 2.66. The third-order valence-corrected chi connectivity index (χ3v) is 6.60. The molecule has 6 rings (SSSR count). The Morgan fingerprint density at radius 2 is 1.33 bits per heavy atom. The molecule has 1 saturated heterocycles. The molecule has 24 heavy (non-hydrogen) atoms. The average molecular weight is 335 g/mol. The van der Waals surface area contributed by atoms with Crippen LogP contribution in [0.3, 0.4) is 0 Å². The zero-order chi connectivity index (χ0) is 16.8. The number of alkyl halides is 3. The third-order valence-electron chi connectivity index (χ3n) is 6.60. The van der Waals surface area contributed by atoms with Gasteiger partial charge in [0.25, 0.3) is 0 Å². The number of amides is 2. The quantitative estimate of drug-likeness (QED) is 0.737. The molecule has 0 N–H and O–H groups in total. The number of nitrogens with zero attached hydrogens (tertiary/aromatic N) is 1. The molecule has 2 bridgehead atoms. The molecule has 0 aromatic heterocycles. The van der Waals surface area contributed by atoms with Gasteiger partial charge in [0.05, 0.1) is 23.1 Å². The highest BCUT2D eigenvalue weighted by Crippen LogP contribution is 2.68. The number of anilines is 1. The lowest BCUT2D eigenvalue weighted by molar-refractivity contribution is -0.137. The number of hydrogen-bond acceptors (Lipinski definition) is 2. The minimum absolute atomic E-state index is 0.204. The second-order valence-corrected chi connectivity index (χ2v) is 7.58. The van der Waals surface area contributed by atoms with Crippen molar-refractivity contribution >= 4 is 17.5 Å². The van der Waals surface area contributed by atoms with E-state index in [-0.39, 0.29) is 29.3 Å². The van der Waals surface area contributed by atoms with Crippen LogP contribution in [0.15, 0.2) is 24.3 Å². The lowest BCUT2D eigenvalue weighted by Crippen LogP contribution is -2.43. The highest BCUT2D eigenvalue weighted by Gasteiger charge is 2.68. The number of carbonyl (C=O) groups is 2. The molecule has 126 valence electrons. The second kappa shape index (κ2) is 4.41. The van der Waals surface area contributed by atoms with Gasteiger partial charge in [-0.1, -0.05) is 0 Å². The van der Waals surface area contributed by atoms with E-state index in [1.807, 2.05) is 0 Å². The summed E-state index contributed by atoms with van der Waals surface area (Å²) in [5.41, 5.74) is -0.510. The van der Waals surface area contributed by atoms with Crippen molar-refractivity contribution in [3.8, 4) is 0 Å². The van der Waals surface area contributed by atoms with Crippen molar-refractivity contribution in [3.05, 3.63) is 29.8 Å². The zero-order valence-corrected chi connectivity index (χ0v) is 12.8. The van der Waals surface area contributed by atoms with Crippen molar-refractivity contribution in [3.63, 3.8) is 0 Å². The van der Waals surface area contributed by atoms with Crippen molar-refractivity contribution < 1.29 is 22.8 Å². The van der Waals surface area contributed by atoms with Crippen molar-refractivity contribution in [2.24, 2.45) is 35.5 Å². The van der Waals surface area contributed by atoms with Gasteiger partial charge in [0.15, 0.2) is 0 Å². The maximum atomic E-state index is 12.9. The Balaban J connectivity index is 1.50. The zero-order valence-electron chi connectivity index (χ0n) is 12.8. The van der Waals surface area contributed by atoms with Gasteiger partial charge in [0, 0.05) is 0 Å². The lowest BCUT2D eigenvalue weighted by Gasteiger charge is -2.42. The Morgan fingerprint density at radius 1 is 0.833 bits per heavy atom. The summed E-state index contributed by atoms with van der Waals surface area (Å²) in [5, 5.41) is 0. The van der Waals surface area contributed by atoms with Gasteiger partial charge >= 0.3 is 6.18 Å². The van der Waals surface area contributed by atoms with Crippen LogP contribution in [0.4, 0.5) is 18.9 Å². The first-order chi connectivity index (χ1) is 11.4. The van der Waals surface area contributed by atoms with Crippen LogP contribution in [0.1, 0.15) is 24.8 Å². The van der Waals surface area contributed by atoms with E-state index in [0.29, 0.717) is 23.7 Å². The summed E-state index contributed by atoms with van der Waals surface area (Å²) >= 11 is 0. The van der Waals surface area contributed by atoms with Crippen molar-refractivity contribution in [2.45, 2.75) is 25.4 Å². The fourth-order valence-electron chi connectivity index (χ4n) is 5.59. The summed E-state index contributed by atoms with van der Waals surface area (Å²) in [6, 6.07) is 4.34. The predicted octanol–water partition coefficient (Wildman–Crippen LogP) is 3.49. The molecule has 6 unspecified atom stereocenters. The van der Waals surface area contributed by atoms with E-state index in [4.69, 9.17) is 0 Å². The predicted molar refractivity (Wildman–Crippen MR) is 78.7 cm³/mol. The van der Waals surface area contributed by atoms with Crippen molar-refractivity contribution in [1.29, 1.82) is 0 Å². The first-order valence-electron chi connectivity index (χ1n) is 8.43. The van der Waals surface area contributed by atoms with Crippen LogP contribution >= 0.6 is 0 Å². The Bertz CT molecular complexity index is 708. The topological polar surface area (TPSA) is 37.4 Å². The molecule has 6 atom stereocenters. The van der Waals surface area contributed by atoms with E-state index in [9.17, 15) is 22.8 Å². The highest BCUT2D eigenvalue weighted by molar-refractivity contribution is 6.22. The number of imide groups is 1. The fourth-order valence-corrected chi connectivity index (χ4v) is 5.59. The summed E-state index contributed by atoms with van der Waals surface area (Å²) in [5.74, 6) is 0.865. The van der Waals surface area contributed by atoms with Crippen molar-refractivity contribution in [1.82, 2.24) is 0 Å².